The van der Waals surface area contributed by atoms with Crippen molar-refractivity contribution in [1.82, 2.24) is 9.88 Å². The number of carbonyl (C=O) groups excluding carboxylic acids is 2. The molecule has 0 aliphatic carbocycles. The lowest BCUT2D eigenvalue weighted by Gasteiger charge is -2.30. The number of para-hydroxylation sites is 1. The number of amides is 1. The lowest BCUT2D eigenvalue weighted by Crippen LogP contribution is -2.38. The highest BCUT2D eigenvalue weighted by Crippen LogP contribution is 2.40. The van der Waals surface area contributed by atoms with Crippen molar-refractivity contribution in [2.75, 3.05) is 31.6 Å². The van der Waals surface area contributed by atoms with E-state index in [1.807, 2.05) is 43.3 Å². The monoisotopic (exact) mass is 519 g/mol. The van der Waals surface area contributed by atoms with E-state index in [9.17, 15) is 9.59 Å². The van der Waals surface area contributed by atoms with Crippen LogP contribution >= 0.6 is 22.7 Å². The number of thiophene rings is 1. The second-order valence-corrected chi connectivity index (χ2v) is 11.0. The number of anilines is 1. The van der Waals surface area contributed by atoms with Crippen molar-refractivity contribution in [3.05, 3.63) is 70.7 Å². The van der Waals surface area contributed by atoms with Crippen molar-refractivity contribution in [1.29, 1.82) is 0 Å². The Labute approximate surface area is 218 Å². The first kappa shape index (κ1) is 24.6. The van der Waals surface area contributed by atoms with Gasteiger partial charge < -0.3 is 10.1 Å². The zero-order chi connectivity index (χ0) is 25.1. The van der Waals surface area contributed by atoms with Crippen molar-refractivity contribution >= 4 is 49.8 Å². The van der Waals surface area contributed by atoms with Gasteiger partial charge in [-0.3, -0.25) is 9.69 Å². The number of aromatic nitrogens is 1. The molecule has 1 amide bonds. The smallest absolute Gasteiger partial charge is 0.341 e. The van der Waals surface area contributed by atoms with Crippen LogP contribution in [0.25, 0.3) is 20.7 Å². The number of esters is 1. The van der Waals surface area contributed by atoms with Crippen LogP contribution in [0.1, 0.15) is 46.6 Å². The Kier molecular flexibility index (Phi) is 7.46. The van der Waals surface area contributed by atoms with Gasteiger partial charge in [0.15, 0.2) is 0 Å². The lowest BCUT2D eigenvalue weighted by atomic mass is 9.97. The summed E-state index contributed by atoms with van der Waals surface area (Å²) in [4.78, 5) is 33.8. The number of likely N-dealkylation sites (tertiary alicyclic amines) is 1. The van der Waals surface area contributed by atoms with Crippen molar-refractivity contribution < 1.29 is 14.3 Å². The summed E-state index contributed by atoms with van der Waals surface area (Å²) in [5, 5.41) is 4.77. The number of ether oxygens (including phenoxy) is 1. The van der Waals surface area contributed by atoms with Crippen molar-refractivity contribution in [2.24, 2.45) is 0 Å². The van der Waals surface area contributed by atoms with Gasteiger partial charge in [-0.25, -0.2) is 9.78 Å². The molecule has 1 N–H and O–H groups in total. The molecule has 0 atom stereocenters. The Morgan fingerprint density at radius 2 is 1.78 bits per heavy atom. The van der Waals surface area contributed by atoms with Crippen LogP contribution in [0.2, 0.25) is 0 Å². The summed E-state index contributed by atoms with van der Waals surface area (Å²) in [5.74, 6) is -0.0780. The first-order valence-electron chi connectivity index (χ1n) is 12.3. The second kappa shape index (κ2) is 10.9. The van der Waals surface area contributed by atoms with Gasteiger partial charge in [0.2, 0.25) is 5.91 Å². The SMILES string of the molecule is CCOC(=O)c1c(NC(=O)CN2CCC(c3nc4ccccc4s3)CC2)sc(-c2ccccc2)c1C. The van der Waals surface area contributed by atoms with Crippen LogP contribution in [0.3, 0.4) is 0 Å². The Morgan fingerprint density at radius 1 is 1.06 bits per heavy atom. The molecule has 2 aromatic heterocycles. The zero-order valence-electron chi connectivity index (χ0n) is 20.5. The van der Waals surface area contributed by atoms with Gasteiger partial charge in [-0.1, -0.05) is 42.5 Å². The molecule has 4 aromatic rings. The number of carbonyl (C=O) groups is 2. The molecule has 3 heterocycles. The fourth-order valence-corrected chi connectivity index (χ4v) is 7.04. The predicted molar refractivity (Wildman–Crippen MR) is 147 cm³/mol. The average Bonchev–Trinajstić information content (AvgIpc) is 3.46. The van der Waals surface area contributed by atoms with Crippen molar-refractivity contribution in [3.8, 4) is 10.4 Å². The number of hydrogen-bond donors (Lipinski definition) is 1. The average molecular weight is 520 g/mol. The van der Waals surface area contributed by atoms with Gasteiger partial charge in [0, 0.05) is 10.8 Å². The van der Waals surface area contributed by atoms with Crippen LogP contribution in [0.4, 0.5) is 5.00 Å². The third-order valence-corrected chi connectivity index (χ3v) is 8.98. The van der Waals surface area contributed by atoms with E-state index in [1.54, 1.807) is 18.3 Å². The summed E-state index contributed by atoms with van der Waals surface area (Å²) < 4.78 is 6.54. The molecule has 1 saturated heterocycles. The number of rotatable bonds is 7. The number of hydrogen-bond acceptors (Lipinski definition) is 7. The number of fused-ring (bicyclic) bond motifs is 1. The molecule has 1 aliphatic heterocycles. The number of nitrogens with zero attached hydrogens (tertiary/aromatic N) is 2. The highest BCUT2D eigenvalue weighted by Gasteiger charge is 2.27. The molecular formula is C28H29N3O3S2. The van der Waals surface area contributed by atoms with E-state index < -0.39 is 5.97 Å². The molecule has 0 unspecified atom stereocenters. The van der Waals surface area contributed by atoms with Crippen LogP contribution in [0, 0.1) is 6.92 Å². The Hall–Kier alpha value is -3.07. The van der Waals surface area contributed by atoms with E-state index in [4.69, 9.17) is 9.72 Å². The van der Waals surface area contributed by atoms with Gasteiger partial charge in [0.05, 0.1) is 33.9 Å². The maximum absolute atomic E-state index is 13.0. The molecular weight excluding hydrogens is 490 g/mol. The summed E-state index contributed by atoms with van der Waals surface area (Å²) in [7, 11) is 0. The van der Waals surface area contributed by atoms with Gasteiger partial charge in [-0.2, -0.15) is 0 Å². The minimum atomic E-state index is -0.402. The van der Waals surface area contributed by atoms with E-state index in [0.717, 1.165) is 47.5 Å². The number of nitrogens with one attached hydrogen (secondary N) is 1. The second-order valence-electron chi connectivity index (χ2n) is 8.97. The molecule has 0 saturated carbocycles. The molecule has 0 spiro atoms. The molecule has 36 heavy (non-hydrogen) atoms. The molecule has 0 bridgehead atoms. The molecule has 1 aliphatic rings. The molecule has 8 heteroatoms. The third-order valence-electron chi connectivity index (χ3n) is 6.53. The molecule has 1 fully saturated rings. The topological polar surface area (TPSA) is 71.5 Å². The highest BCUT2D eigenvalue weighted by atomic mass is 32.1. The van der Waals surface area contributed by atoms with Gasteiger partial charge in [-0.05, 0) is 63.0 Å². The van der Waals surface area contributed by atoms with Crippen LogP contribution in [0.15, 0.2) is 54.6 Å². The van der Waals surface area contributed by atoms with Gasteiger partial charge in [0.25, 0.3) is 0 Å². The van der Waals surface area contributed by atoms with Crippen LogP contribution < -0.4 is 5.32 Å². The molecule has 0 radical (unpaired) electrons. The summed E-state index contributed by atoms with van der Waals surface area (Å²) >= 11 is 3.20. The number of piperidine rings is 1. The van der Waals surface area contributed by atoms with Crippen LogP contribution in [-0.4, -0.2) is 48.0 Å². The van der Waals surface area contributed by atoms with Gasteiger partial charge >= 0.3 is 5.97 Å². The quantitative estimate of drug-likeness (QED) is 0.289. The lowest BCUT2D eigenvalue weighted by molar-refractivity contribution is -0.117. The van der Waals surface area contributed by atoms with E-state index in [0.29, 0.717) is 23.0 Å². The maximum atomic E-state index is 13.0. The normalized spacial score (nSPS) is 14.7. The number of thiazole rings is 1. The minimum absolute atomic E-state index is 0.111. The fraction of sp³-hybridized carbons (Fsp3) is 0.321. The predicted octanol–water partition coefficient (Wildman–Crippen LogP) is 6.33. The maximum Gasteiger partial charge on any atom is 0.341 e. The molecule has 2 aromatic carbocycles. The minimum Gasteiger partial charge on any atom is -0.462 e. The van der Waals surface area contributed by atoms with Crippen molar-refractivity contribution in [3.63, 3.8) is 0 Å². The van der Waals surface area contributed by atoms with E-state index in [1.165, 1.54) is 21.0 Å². The zero-order valence-corrected chi connectivity index (χ0v) is 22.1. The van der Waals surface area contributed by atoms with Crippen molar-refractivity contribution in [2.45, 2.75) is 32.6 Å². The van der Waals surface area contributed by atoms with Crippen LogP contribution in [-0.2, 0) is 9.53 Å². The fourth-order valence-electron chi connectivity index (χ4n) is 4.69. The molecule has 186 valence electrons. The summed E-state index contributed by atoms with van der Waals surface area (Å²) in [6.07, 6.45) is 1.97. The van der Waals surface area contributed by atoms with Gasteiger partial charge in [0.1, 0.15) is 5.00 Å². The van der Waals surface area contributed by atoms with E-state index in [2.05, 4.69) is 28.4 Å². The Balaban J connectivity index is 1.25. The Bertz CT molecular complexity index is 1340. The first-order chi connectivity index (χ1) is 17.5. The van der Waals surface area contributed by atoms with Crippen LogP contribution in [0.5, 0.6) is 0 Å². The third kappa shape index (κ3) is 5.21. The molecule has 6 nitrogen and oxygen atoms in total. The largest absolute Gasteiger partial charge is 0.462 e. The summed E-state index contributed by atoms with van der Waals surface area (Å²) in [5.41, 5.74) is 3.36. The molecule has 5 rings (SSSR count). The highest BCUT2D eigenvalue weighted by molar-refractivity contribution is 7.20. The van der Waals surface area contributed by atoms with Gasteiger partial charge in [-0.15, -0.1) is 22.7 Å². The summed E-state index contributed by atoms with van der Waals surface area (Å²) in [6, 6.07) is 18.2. The standard InChI is InChI=1S/C28H29N3O3S2/c1-3-34-28(33)24-18(2)25(19-9-5-4-6-10-19)36-27(24)30-23(32)17-31-15-13-20(14-16-31)26-29-21-11-7-8-12-22(21)35-26/h4-12,20H,3,13-17H2,1-2H3,(H,30,32). The van der Waals surface area contributed by atoms with E-state index >= 15 is 0 Å². The Morgan fingerprint density at radius 3 is 2.50 bits per heavy atom. The van der Waals surface area contributed by atoms with E-state index in [-0.39, 0.29) is 12.5 Å². The first-order valence-corrected chi connectivity index (χ1v) is 13.9. The number of benzene rings is 2. The summed E-state index contributed by atoms with van der Waals surface area (Å²) in [6.45, 7) is 5.97.